The number of rotatable bonds is 2. The molecule has 0 aromatic rings. The summed E-state index contributed by atoms with van der Waals surface area (Å²) in [6, 6.07) is 0.641. The topological polar surface area (TPSA) is 24.5 Å². The molecule has 2 unspecified atom stereocenters. The molecule has 2 aliphatic rings. The van der Waals surface area contributed by atoms with E-state index in [1.165, 1.54) is 25.9 Å². The number of hydrogen-bond acceptors (Lipinski definition) is 3. The van der Waals surface area contributed by atoms with E-state index in [0.29, 0.717) is 18.2 Å². The Morgan fingerprint density at radius 1 is 1.36 bits per heavy atom. The molecule has 3 atom stereocenters. The highest BCUT2D eigenvalue weighted by molar-refractivity contribution is 4.80. The Balaban J connectivity index is 1.74. The number of ether oxygens (including phenoxy) is 1. The molecule has 0 saturated carbocycles. The van der Waals surface area contributed by atoms with E-state index in [1.54, 1.807) is 0 Å². The molecule has 0 bridgehead atoms. The van der Waals surface area contributed by atoms with Crippen molar-refractivity contribution in [2.24, 2.45) is 0 Å². The molecule has 2 saturated heterocycles. The minimum Gasteiger partial charge on any atom is -0.374 e. The second-order valence-electron chi connectivity index (χ2n) is 4.76. The zero-order chi connectivity index (χ0) is 9.97. The maximum absolute atomic E-state index is 5.84. The zero-order valence-corrected chi connectivity index (χ0v) is 9.33. The summed E-state index contributed by atoms with van der Waals surface area (Å²) in [6.07, 6.45) is 3.47. The van der Waals surface area contributed by atoms with E-state index < -0.39 is 0 Å². The summed E-state index contributed by atoms with van der Waals surface area (Å²) in [7, 11) is 0. The predicted octanol–water partition coefficient (Wildman–Crippen LogP) is 0.848. The molecule has 0 radical (unpaired) electrons. The van der Waals surface area contributed by atoms with Gasteiger partial charge in [0.1, 0.15) is 0 Å². The van der Waals surface area contributed by atoms with Crippen LogP contribution in [0.1, 0.15) is 26.7 Å². The average Bonchev–Trinajstić information content (AvgIpc) is 2.51. The fraction of sp³-hybridized carbons (Fsp3) is 1.00. The van der Waals surface area contributed by atoms with Crippen LogP contribution >= 0.6 is 0 Å². The van der Waals surface area contributed by atoms with Gasteiger partial charge in [-0.25, -0.2) is 0 Å². The van der Waals surface area contributed by atoms with Crippen LogP contribution in [0.3, 0.4) is 0 Å². The average molecular weight is 198 g/mol. The first-order valence-corrected chi connectivity index (χ1v) is 5.85. The van der Waals surface area contributed by atoms with Crippen molar-refractivity contribution in [1.82, 2.24) is 10.2 Å². The largest absolute Gasteiger partial charge is 0.374 e. The van der Waals surface area contributed by atoms with Gasteiger partial charge >= 0.3 is 0 Å². The fourth-order valence-corrected chi connectivity index (χ4v) is 2.49. The van der Waals surface area contributed by atoms with Gasteiger partial charge in [-0.2, -0.15) is 0 Å². The van der Waals surface area contributed by atoms with Gasteiger partial charge in [0.15, 0.2) is 0 Å². The Kier molecular flexibility index (Phi) is 3.42. The minimum absolute atomic E-state index is 0.486. The lowest BCUT2D eigenvalue weighted by molar-refractivity contribution is 0.0261. The lowest BCUT2D eigenvalue weighted by Crippen LogP contribution is -2.51. The van der Waals surface area contributed by atoms with Crippen molar-refractivity contribution in [2.45, 2.75) is 44.9 Å². The molecule has 0 aromatic carbocycles. The summed E-state index contributed by atoms with van der Waals surface area (Å²) in [5.74, 6) is 0. The molecule has 3 nitrogen and oxygen atoms in total. The van der Waals surface area contributed by atoms with Crippen LogP contribution in [-0.4, -0.2) is 49.3 Å². The van der Waals surface area contributed by atoms with Gasteiger partial charge < -0.3 is 10.1 Å². The van der Waals surface area contributed by atoms with E-state index in [4.69, 9.17) is 4.74 Å². The third-order valence-corrected chi connectivity index (χ3v) is 3.23. The van der Waals surface area contributed by atoms with Crippen LogP contribution < -0.4 is 5.32 Å². The third kappa shape index (κ3) is 2.69. The van der Waals surface area contributed by atoms with Crippen molar-refractivity contribution in [3.63, 3.8) is 0 Å². The second-order valence-corrected chi connectivity index (χ2v) is 4.76. The van der Waals surface area contributed by atoms with Gasteiger partial charge in [0.25, 0.3) is 0 Å². The Bertz CT molecular complexity index is 186. The highest BCUT2D eigenvalue weighted by Crippen LogP contribution is 2.20. The maximum atomic E-state index is 5.84. The van der Waals surface area contributed by atoms with Crippen LogP contribution in [0.2, 0.25) is 0 Å². The quantitative estimate of drug-likeness (QED) is 0.712. The lowest BCUT2D eigenvalue weighted by Gasteiger charge is -2.33. The van der Waals surface area contributed by atoms with Gasteiger partial charge in [-0.1, -0.05) is 0 Å². The first-order valence-electron chi connectivity index (χ1n) is 5.85. The van der Waals surface area contributed by atoms with Crippen molar-refractivity contribution >= 4 is 0 Å². The smallest absolute Gasteiger partial charge is 0.0706 e. The number of hydrogen-bond donors (Lipinski definition) is 1. The molecule has 2 aliphatic heterocycles. The van der Waals surface area contributed by atoms with Gasteiger partial charge in [0, 0.05) is 32.2 Å². The molecule has 0 aliphatic carbocycles. The summed E-state index contributed by atoms with van der Waals surface area (Å²) in [6.45, 7) is 9.05. The van der Waals surface area contributed by atoms with Crippen LogP contribution in [0.15, 0.2) is 0 Å². The lowest BCUT2D eigenvalue weighted by atomic mass is 10.1. The molecule has 0 amide bonds. The highest BCUT2D eigenvalue weighted by atomic mass is 16.5. The van der Waals surface area contributed by atoms with Crippen LogP contribution in [0.5, 0.6) is 0 Å². The first-order chi connectivity index (χ1) is 6.74. The molecule has 2 heterocycles. The molecule has 0 spiro atoms. The third-order valence-electron chi connectivity index (χ3n) is 3.23. The molecule has 14 heavy (non-hydrogen) atoms. The van der Waals surface area contributed by atoms with Gasteiger partial charge in [-0.15, -0.1) is 0 Å². The van der Waals surface area contributed by atoms with E-state index in [2.05, 4.69) is 24.1 Å². The predicted molar refractivity (Wildman–Crippen MR) is 57.5 cm³/mol. The van der Waals surface area contributed by atoms with E-state index in [-0.39, 0.29) is 0 Å². The van der Waals surface area contributed by atoms with Crippen molar-refractivity contribution in [3.05, 3.63) is 0 Å². The van der Waals surface area contributed by atoms with Crippen molar-refractivity contribution < 1.29 is 4.74 Å². The summed E-state index contributed by atoms with van der Waals surface area (Å²) in [4.78, 5) is 2.53. The van der Waals surface area contributed by atoms with E-state index >= 15 is 0 Å². The van der Waals surface area contributed by atoms with Crippen LogP contribution in [0.4, 0.5) is 0 Å². The highest BCUT2D eigenvalue weighted by Gasteiger charge is 2.25. The SMILES string of the molecule is CC1CCC(CN2CCN[C@@H](C)C2)O1. The van der Waals surface area contributed by atoms with E-state index in [9.17, 15) is 0 Å². The van der Waals surface area contributed by atoms with Crippen LogP contribution in [-0.2, 0) is 4.74 Å². The number of nitrogens with one attached hydrogen (secondary N) is 1. The molecule has 2 rings (SSSR count). The molecule has 2 fully saturated rings. The summed E-state index contributed by atoms with van der Waals surface area (Å²) in [5, 5.41) is 3.46. The monoisotopic (exact) mass is 198 g/mol. The number of nitrogens with zero attached hydrogens (tertiary/aromatic N) is 1. The van der Waals surface area contributed by atoms with Gasteiger partial charge in [-0.3, -0.25) is 4.90 Å². The normalized spacial score (nSPS) is 40.3. The minimum atomic E-state index is 0.486. The zero-order valence-electron chi connectivity index (χ0n) is 9.33. The Morgan fingerprint density at radius 2 is 2.21 bits per heavy atom. The number of piperazine rings is 1. The summed E-state index contributed by atoms with van der Waals surface area (Å²) >= 11 is 0. The molecular formula is C11H22N2O. The molecule has 0 aromatic heterocycles. The van der Waals surface area contributed by atoms with Crippen LogP contribution in [0, 0.1) is 0 Å². The van der Waals surface area contributed by atoms with Crippen molar-refractivity contribution in [2.75, 3.05) is 26.2 Å². The standard InChI is InChI=1S/C11H22N2O/c1-9-7-13(6-5-12-9)8-11-4-3-10(2)14-11/h9-12H,3-8H2,1-2H3/t9-,10?,11?/m0/s1. The van der Waals surface area contributed by atoms with Gasteiger partial charge in [0.2, 0.25) is 0 Å². The Hall–Kier alpha value is -0.120. The van der Waals surface area contributed by atoms with Crippen molar-refractivity contribution in [1.29, 1.82) is 0 Å². The maximum Gasteiger partial charge on any atom is 0.0706 e. The molecule has 3 heteroatoms. The molecular weight excluding hydrogens is 176 g/mol. The van der Waals surface area contributed by atoms with E-state index in [0.717, 1.165) is 13.1 Å². The van der Waals surface area contributed by atoms with E-state index in [1.807, 2.05) is 0 Å². The van der Waals surface area contributed by atoms with Gasteiger partial charge in [0.05, 0.1) is 12.2 Å². The first kappa shape index (κ1) is 10.4. The van der Waals surface area contributed by atoms with Crippen molar-refractivity contribution in [3.8, 4) is 0 Å². The van der Waals surface area contributed by atoms with Gasteiger partial charge in [-0.05, 0) is 26.7 Å². The Labute approximate surface area is 86.8 Å². The summed E-state index contributed by atoms with van der Waals surface area (Å²) < 4.78 is 5.84. The van der Waals surface area contributed by atoms with Crippen LogP contribution in [0.25, 0.3) is 0 Å². The summed E-state index contributed by atoms with van der Waals surface area (Å²) in [5.41, 5.74) is 0. The second kappa shape index (κ2) is 4.60. The fourth-order valence-electron chi connectivity index (χ4n) is 2.49. The molecule has 82 valence electrons. The molecule has 1 N–H and O–H groups in total. The Morgan fingerprint density at radius 3 is 2.86 bits per heavy atom.